The molecule has 1 heterocycles. The molecular weight excluding hydrogens is 298 g/mol. The number of carbonyl (C=O) groups excluding carboxylic acids is 2. The van der Waals surface area contributed by atoms with Crippen molar-refractivity contribution in [2.45, 2.75) is 26.7 Å². The molecule has 0 aliphatic heterocycles. The molecule has 2 rings (SSSR count). The summed E-state index contributed by atoms with van der Waals surface area (Å²) in [5, 5.41) is 2.67. The van der Waals surface area contributed by atoms with Gasteiger partial charge in [-0.25, -0.2) is 4.79 Å². The van der Waals surface area contributed by atoms with Crippen LogP contribution < -0.4 is 5.32 Å². The third-order valence-corrected chi connectivity index (χ3v) is 4.21. The van der Waals surface area contributed by atoms with Crippen molar-refractivity contribution in [2.24, 2.45) is 0 Å². The zero-order chi connectivity index (χ0) is 15.9. The predicted octanol–water partition coefficient (Wildman–Crippen LogP) is 3.80. The number of hydrogen-bond acceptors (Lipinski definition) is 4. The van der Waals surface area contributed by atoms with Crippen molar-refractivity contribution in [2.75, 3.05) is 11.9 Å². The Morgan fingerprint density at radius 2 is 1.95 bits per heavy atom. The first kappa shape index (κ1) is 16.2. The molecule has 1 N–H and O–H groups in total. The average molecular weight is 317 g/mol. The lowest BCUT2D eigenvalue weighted by Crippen LogP contribution is -2.20. The van der Waals surface area contributed by atoms with Gasteiger partial charge in [0.2, 0.25) is 0 Å². The number of amides is 1. The van der Waals surface area contributed by atoms with E-state index in [2.05, 4.69) is 12.2 Å². The predicted molar refractivity (Wildman–Crippen MR) is 88.4 cm³/mol. The van der Waals surface area contributed by atoms with Gasteiger partial charge in [-0.1, -0.05) is 31.5 Å². The van der Waals surface area contributed by atoms with Crippen LogP contribution in [0.15, 0.2) is 36.4 Å². The van der Waals surface area contributed by atoms with Gasteiger partial charge in [-0.2, -0.15) is 0 Å². The van der Waals surface area contributed by atoms with Crippen molar-refractivity contribution in [1.29, 1.82) is 0 Å². The Morgan fingerprint density at radius 1 is 1.23 bits per heavy atom. The molecule has 0 atom stereocenters. The van der Waals surface area contributed by atoms with Gasteiger partial charge < -0.3 is 10.1 Å². The fourth-order valence-corrected chi connectivity index (χ4v) is 3.02. The molecule has 0 fully saturated rings. The molecular formula is C17H19NO3S. The molecule has 0 spiro atoms. The lowest BCUT2D eigenvalue weighted by molar-refractivity contribution is -0.119. The molecule has 1 amide bonds. The monoisotopic (exact) mass is 317 g/mol. The van der Waals surface area contributed by atoms with E-state index in [0.29, 0.717) is 10.6 Å². The van der Waals surface area contributed by atoms with Crippen molar-refractivity contribution < 1.29 is 14.3 Å². The van der Waals surface area contributed by atoms with Crippen molar-refractivity contribution in [1.82, 2.24) is 0 Å². The van der Waals surface area contributed by atoms with Gasteiger partial charge in [0, 0.05) is 10.6 Å². The van der Waals surface area contributed by atoms with Crippen LogP contribution >= 0.6 is 11.3 Å². The Bertz CT molecular complexity index is 649. The summed E-state index contributed by atoms with van der Waals surface area (Å²) >= 11 is 1.41. The molecule has 0 saturated carbocycles. The molecule has 0 aliphatic rings. The van der Waals surface area contributed by atoms with Crippen LogP contribution in [0.5, 0.6) is 0 Å². The van der Waals surface area contributed by atoms with Crippen LogP contribution in [0.1, 0.15) is 33.5 Å². The average Bonchev–Trinajstić information content (AvgIpc) is 2.87. The molecule has 2 aromatic rings. The number of nitrogens with one attached hydrogen (secondary N) is 1. The molecule has 0 aliphatic carbocycles. The van der Waals surface area contributed by atoms with E-state index in [4.69, 9.17) is 4.74 Å². The first-order chi connectivity index (χ1) is 10.6. The quantitative estimate of drug-likeness (QED) is 0.824. The van der Waals surface area contributed by atoms with Crippen molar-refractivity contribution >= 4 is 28.9 Å². The normalized spacial score (nSPS) is 10.3. The number of para-hydroxylation sites is 1. The van der Waals surface area contributed by atoms with Gasteiger partial charge in [0.15, 0.2) is 6.61 Å². The van der Waals surface area contributed by atoms with Gasteiger partial charge in [-0.15, -0.1) is 11.3 Å². The van der Waals surface area contributed by atoms with Crippen LogP contribution in [0.25, 0.3) is 0 Å². The minimum atomic E-state index is -0.446. The number of benzene rings is 1. The maximum atomic E-state index is 12.0. The molecule has 0 unspecified atom stereocenters. The van der Waals surface area contributed by atoms with Crippen LogP contribution in [0.4, 0.5) is 5.69 Å². The smallest absolute Gasteiger partial charge is 0.348 e. The van der Waals surface area contributed by atoms with Crippen molar-refractivity contribution in [3.63, 3.8) is 0 Å². The molecule has 1 aromatic carbocycles. The summed E-state index contributed by atoms with van der Waals surface area (Å²) in [7, 11) is 0. The highest BCUT2D eigenvalue weighted by Gasteiger charge is 2.15. The fraction of sp³-hybridized carbons (Fsp3) is 0.294. The molecule has 0 radical (unpaired) electrons. The minimum absolute atomic E-state index is 0.284. The first-order valence-electron chi connectivity index (χ1n) is 7.21. The van der Waals surface area contributed by atoms with Gasteiger partial charge >= 0.3 is 5.97 Å². The molecule has 5 heteroatoms. The molecule has 1 aromatic heterocycles. The Labute approximate surface area is 134 Å². The number of carbonyl (C=O) groups is 2. The number of rotatable bonds is 6. The van der Waals surface area contributed by atoms with E-state index in [-0.39, 0.29) is 12.5 Å². The second kappa shape index (κ2) is 7.75. The highest BCUT2D eigenvalue weighted by molar-refractivity contribution is 7.14. The molecule has 0 saturated heterocycles. The third-order valence-electron chi connectivity index (χ3n) is 3.13. The molecule has 0 bridgehead atoms. The summed E-state index contributed by atoms with van der Waals surface area (Å²) in [4.78, 5) is 25.4. The van der Waals surface area contributed by atoms with Crippen LogP contribution in [-0.2, 0) is 16.0 Å². The van der Waals surface area contributed by atoms with Gasteiger partial charge in [0.25, 0.3) is 5.91 Å². The zero-order valence-electron chi connectivity index (χ0n) is 12.7. The number of thiophene rings is 1. The highest BCUT2D eigenvalue weighted by atomic mass is 32.1. The number of anilines is 1. The van der Waals surface area contributed by atoms with Gasteiger partial charge in [-0.05, 0) is 37.1 Å². The van der Waals surface area contributed by atoms with Crippen LogP contribution in [0.3, 0.4) is 0 Å². The minimum Gasteiger partial charge on any atom is -0.451 e. The van der Waals surface area contributed by atoms with Crippen LogP contribution in [0, 0.1) is 6.92 Å². The van der Waals surface area contributed by atoms with Crippen molar-refractivity contribution in [3.8, 4) is 0 Å². The molecule has 22 heavy (non-hydrogen) atoms. The lowest BCUT2D eigenvalue weighted by atomic mass is 10.1. The molecule has 4 nitrogen and oxygen atoms in total. The fourth-order valence-electron chi connectivity index (χ4n) is 2.06. The summed E-state index contributed by atoms with van der Waals surface area (Å²) in [6.45, 7) is 3.81. The topological polar surface area (TPSA) is 55.4 Å². The van der Waals surface area contributed by atoms with E-state index in [1.807, 2.05) is 31.2 Å². The van der Waals surface area contributed by atoms with E-state index in [0.717, 1.165) is 17.7 Å². The summed E-state index contributed by atoms with van der Waals surface area (Å²) < 4.78 is 5.07. The second-order valence-electron chi connectivity index (χ2n) is 4.93. The second-order valence-corrected chi connectivity index (χ2v) is 6.19. The van der Waals surface area contributed by atoms with E-state index in [1.165, 1.54) is 16.9 Å². The van der Waals surface area contributed by atoms with Gasteiger partial charge in [0.1, 0.15) is 4.88 Å². The van der Waals surface area contributed by atoms with E-state index in [1.54, 1.807) is 12.1 Å². The maximum Gasteiger partial charge on any atom is 0.348 e. The van der Waals surface area contributed by atoms with Crippen LogP contribution in [0.2, 0.25) is 0 Å². The number of aryl methyl sites for hydroxylation is 2. The van der Waals surface area contributed by atoms with Gasteiger partial charge in [-0.3, -0.25) is 4.79 Å². The third kappa shape index (κ3) is 4.43. The summed E-state index contributed by atoms with van der Waals surface area (Å²) in [5.41, 5.74) is 1.86. The van der Waals surface area contributed by atoms with E-state index < -0.39 is 5.97 Å². The Hall–Kier alpha value is -2.14. The number of ether oxygens (including phenoxy) is 1. The number of esters is 1. The molecule has 116 valence electrons. The highest BCUT2D eigenvalue weighted by Crippen LogP contribution is 2.23. The summed E-state index contributed by atoms with van der Waals surface area (Å²) in [6.07, 6.45) is 1.98. The maximum absolute atomic E-state index is 12.0. The van der Waals surface area contributed by atoms with Gasteiger partial charge in [0.05, 0.1) is 0 Å². The van der Waals surface area contributed by atoms with Crippen LogP contribution in [-0.4, -0.2) is 18.5 Å². The van der Waals surface area contributed by atoms with E-state index in [9.17, 15) is 9.59 Å². The SMILES string of the molecule is CCCc1cc(C(=O)OCC(=O)Nc2ccccc2)sc1C. The standard InChI is InChI=1S/C17H19NO3S/c1-3-7-13-10-15(22-12(13)2)17(20)21-11-16(19)18-14-8-5-4-6-9-14/h4-6,8-10H,3,7,11H2,1-2H3,(H,18,19). The largest absolute Gasteiger partial charge is 0.451 e. The zero-order valence-corrected chi connectivity index (χ0v) is 13.5. The Kier molecular flexibility index (Phi) is 5.72. The summed E-state index contributed by atoms with van der Waals surface area (Å²) in [6, 6.07) is 10.9. The number of hydrogen-bond donors (Lipinski definition) is 1. The lowest BCUT2D eigenvalue weighted by Gasteiger charge is -2.05. The van der Waals surface area contributed by atoms with E-state index >= 15 is 0 Å². The Morgan fingerprint density at radius 3 is 2.64 bits per heavy atom. The van der Waals surface area contributed by atoms with Crippen molar-refractivity contribution in [3.05, 3.63) is 51.7 Å². The Balaban J connectivity index is 1.87. The first-order valence-corrected chi connectivity index (χ1v) is 8.03. The summed E-state index contributed by atoms with van der Waals surface area (Å²) in [5.74, 6) is -0.791.